The van der Waals surface area contributed by atoms with Crippen LogP contribution in [0.5, 0.6) is 0 Å². The summed E-state index contributed by atoms with van der Waals surface area (Å²) < 4.78 is 1.84. The molecule has 1 aromatic rings. The van der Waals surface area contributed by atoms with Crippen LogP contribution in [-0.2, 0) is 6.54 Å². The van der Waals surface area contributed by atoms with Crippen molar-refractivity contribution in [2.75, 3.05) is 13.1 Å². The Labute approximate surface area is 94.9 Å². The van der Waals surface area contributed by atoms with Crippen LogP contribution in [0.1, 0.15) is 0 Å². The third-order valence-corrected chi connectivity index (χ3v) is 3.58. The van der Waals surface area contributed by atoms with Crippen molar-refractivity contribution in [3.8, 4) is 0 Å². The molecule has 1 aliphatic carbocycles. The molecule has 0 radical (unpaired) electrons. The molecule has 1 saturated carbocycles. The van der Waals surface area contributed by atoms with E-state index in [0.29, 0.717) is 0 Å². The molecule has 1 aromatic heterocycles. The second kappa shape index (κ2) is 3.99. The quantitative estimate of drug-likeness (QED) is 0.807. The van der Waals surface area contributed by atoms with E-state index in [-0.39, 0.29) is 18.0 Å². The van der Waals surface area contributed by atoms with Gasteiger partial charge in [-0.3, -0.25) is 4.79 Å². The summed E-state index contributed by atoms with van der Waals surface area (Å²) in [6.45, 7) is 3.21. The fraction of sp³-hybridized carbons (Fsp3) is 0.545. The Kier molecular flexibility index (Phi) is 2.85. The minimum atomic E-state index is 0. The van der Waals surface area contributed by atoms with Gasteiger partial charge in [0.05, 0.1) is 0 Å². The Balaban J connectivity index is 0.000000853. The van der Waals surface area contributed by atoms with E-state index in [1.807, 2.05) is 16.8 Å². The topological polar surface area (TPSA) is 34.0 Å². The van der Waals surface area contributed by atoms with E-state index in [4.69, 9.17) is 0 Å². The van der Waals surface area contributed by atoms with Crippen molar-refractivity contribution >= 4 is 12.4 Å². The molecule has 2 heterocycles. The molecule has 1 unspecified atom stereocenters. The molecule has 3 nitrogen and oxygen atoms in total. The minimum Gasteiger partial charge on any atom is -0.316 e. The van der Waals surface area contributed by atoms with E-state index in [1.54, 1.807) is 12.1 Å². The fourth-order valence-electron chi connectivity index (χ4n) is 2.66. The zero-order valence-electron chi connectivity index (χ0n) is 8.43. The van der Waals surface area contributed by atoms with Crippen molar-refractivity contribution in [3.63, 3.8) is 0 Å². The van der Waals surface area contributed by atoms with Gasteiger partial charge >= 0.3 is 0 Å². The number of halogens is 1. The van der Waals surface area contributed by atoms with E-state index in [0.717, 1.165) is 37.4 Å². The highest BCUT2D eigenvalue weighted by atomic mass is 35.5. The highest BCUT2D eigenvalue weighted by molar-refractivity contribution is 5.85. The van der Waals surface area contributed by atoms with Gasteiger partial charge in [0.1, 0.15) is 0 Å². The van der Waals surface area contributed by atoms with E-state index in [2.05, 4.69) is 5.32 Å². The lowest BCUT2D eigenvalue weighted by atomic mass is 10.3. The molecule has 2 aliphatic rings. The average molecular weight is 227 g/mol. The predicted molar refractivity (Wildman–Crippen MR) is 61.3 cm³/mol. The lowest BCUT2D eigenvalue weighted by Crippen LogP contribution is -2.22. The normalized spacial score (nSPS) is 31.9. The molecule has 1 saturated heterocycles. The van der Waals surface area contributed by atoms with Gasteiger partial charge in [0.2, 0.25) is 0 Å². The van der Waals surface area contributed by atoms with Gasteiger partial charge in [-0.05, 0) is 36.9 Å². The molecule has 0 aromatic carbocycles. The van der Waals surface area contributed by atoms with Crippen molar-refractivity contribution in [1.82, 2.24) is 9.88 Å². The van der Waals surface area contributed by atoms with Crippen molar-refractivity contribution in [2.45, 2.75) is 6.54 Å². The van der Waals surface area contributed by atoms with Gasteiger partial charge in [0, 0.05) is 18.8 Å². The number of nitrogens with one attached hydrogen (secondary N) is 1. The summed E-state index contributed by atoms with van der Waals surface area (Å²) in [5.41, 5.74) is 0.130. The van der Waals surface area contributed by atoms with Gasteiger partial charge in [-0.2, -0.15) is 0 Å². The highest BCUT2D eigenvalue weighted by Gasteiger charge is 2.52. The molecule has 4 heteroatoms. The third-order valence-electron chi connectivity index (χ3n) is 3.58. The molecule has 2 fully saturated rings. The Morgan fingerprint density at radius 1 is 1.33 bits per heavy atom. The van der Waals surface area contributed by atoms with Crippen LogP contribution in [0.4, 0.5) is 0 Å². The maximum absolute atomic E-state index is 11.4. The molecular formula is C11H15ClN2O. The number of fused-ring (bicyclic) bond motifs is 1. The van der Waals surface area contributed by atoms with Crippen molar-refractivity contribution in [3.05, 3.63) is 34.7 Å². The predicted octanol–water partition coefficient (Wildman–Crippen LogP) is 0.735. The largest absolute Gasteiger partial charge is 0.316 e. The van der Waals surface area contributed by atoms with Crippen LogP contribution < -0.4 is 10.9 Å². The van der Waals surface area contributed by atoms with Gasteiger partial charge in [-0.1, -0.05) is 6.07 Å². The number of hydrogen-bond acceptors (Lipinski definition) is 2. The highest BCUT2D eigenvalue weighted by Crippen LogP contribution is 2.49. The molecule has 0 amide bonds. The molecule has 3 rings (SSSR count). The molecule has 3 atom stereocenters. The van der Waals surface area contributed by atoms with E-state index >= 15 is 0 Å². The summed E-state index contributed by atoms with van der Waals surface area (Å²) in [6.07, 6.45) is 1.89. The minimum absolute atomic E-state index is 0. The lowest BCUT2D eigenvalue weighted by Gasteiger charge is -2.06. The van der Waals surface area contributed by atoms with Crippen molar-refractivity contribution < 1.29 is 0 Å². The third kappa shape index (κ3) is 1.82. The SMILES string of the molecule is Cl.O=c1ccccn1CC1[C@H]2CNC[C@@H]12. The monoisotopic (exact) mass is 226 g/mol. The fourth-order valence-corrected chi connectivity index (χ4v) is 2.66. The summed E-state index contributed by atoms with van der Waals surface area (Å²) in [5.74, 6) is 2.42. The number of aromatic nitrogens is 1. The summed E-state index contributed by atoms with van der Waals surface area (Å²) in [4.78, 5) is 11.4. The number of pyridine rings is 1. The second-order valence-electron chi connectivity index (χ2n) is 4.34. The van der Waals surface area contributed by atoms with Crippen molar-refractivity contribution in [2.24, 2.45) is 17.8 Å². The Bertz CT molecular complexity index is 394. The van der Waals surface area contributed by atoms with Gasteiger partial charge in [-0.15, -0.1) is 12.4 Å². The first-order valence-electron chi connectivity index (χ1n) is 5.22. The van der Waals surface area contributed by atoms with E-state index < -0.39 is 0 Å². The zero-order valence-corrected chi connectivity index (χ0v) is 9.24. The van der Waals surface area contributed by atoms with Gasteiger partial charge in [-0.25, -0.2) is 0 Å². The molecular weight excluding hydrogens is 212 g/mol. The maximum Gasteiger partial charge on any atom is 0.250 e. The number of nitrogens with zero attached hydrogens (tertiary/aromatic N) is 1. The van der Waals surface area contributed by atoms with Crippen LogP contribution in [-0.4, -0.2) is 17.7 Å². The average Bonchev–Trinajstić information content (AvgIpc) is 2.64. The van der Waals surface area contributed by atoms with Crippen LogP contribution in [0.3, 0.4) is 0 Å². The summed E-state index contributed by atoms with van der Waals surface area (Å²) >= 11 is 0. The lowest BCUT2D eigenvalue weighted by molar-refractivity contribution is 0.507. The smallest absolute Gasteiger partial charge is 0.250 e. The van der Waals surface area contributed by atoms with Gasteiger partial charge < -0.3 is 9.88 Å². The number of hydrogen-bond donors (Lipinski definition) is 1. The first-order chi connectivity index (χ1) is 6.86. The number of rotatable bonds is 2. The summed E-state index contributed by atoms with van der Waals surface area (Å²) in [7, 11) is 0. The molecule has 0 bridgehead atoms. The first-order valence-corrected chi connectivity index (χ1v) is 5.22. The van der Waals surface area contributed by atoms with E-state index in [1.165, 1.54) is 0 Å². The Morgan fingerprint density at radius 3 is 2.73 bits per heavy atom. The summed E-state index contributed by atoms with van der Waals surface area (Å²) in [5, 5.41) is 3.36. The van der Waals surface area contributed by atoms with Crippen molar-refractivity contribution in [1.29, 1.82) is 0 Å². The second-order valence-corrected chi connectivity index (χ2v) is 4.34. The van der Waals surface area contributed by atoms with E-state index in [9.17, 15) is 4.79 Å². The van der Waals surface area contributed by atoms with Crippen LogP contribution in [0.25, 0.3) is 0 Å². The van der Waals surface area contributed by atoms with Crippen LogP contribution in [0.15, 0.2) is 29.2 Å². The van der Waals surface area contributed by atoms with Crippen LogP contribution >= 0.6 is 12.4 Å². The standard InChI is InChI=1S/C11H14N2O.ClH/c14-11-3-1-2-4-13(11)7-10-8-5-12-6-9(8)10;/h1-4,8-10,12H,5-7H2;1H/t8-,9+,10?;. The van der Waals surface area contributed by atoms with Gasteiger partial charge in [0.15, 0.2) is 0 Å². The molecule has 15 heavy (non-hydrogen) atoms. The molecule has 1 N–H and O–H groups in total. The molecule has 82 valence electrons. The number of piperidine rings is 1. The molecule has 0 spiro atoms. The van der Waals surface area contributed by atoms with Gasteiger partial charge in [0.25, 0.3) is 5.56 Å². The molecule has 1 aliphatic heterocycles. The maximum atomic E-state index is 11.4. The Hall–Kier alpha value is -0.800. The first kappa shape index (κ1) is 10.7. The zero-order chi connectivity index (χ0) is 9.54. The Morgan fingerprint density at radius 2 is 2.07 bits per heavy atom. The van der Waals surface area contributed by atoms with Crippen LogP contribution in [0, 0.1) is 17.8 Å². The van der Waals surface area contributed by atoms with Crippen LogP contribution in [0.2, 0.25) is 0 Å². The summed E-state index contributed by atoms with van der Waals surface area (Å²) in [6, 6.07) is 5.36.